The molecule has 1 N–H and O–H groups in total. The highest BCUT2D eigenvalue weighted by Crippen LogP contribution is 2.11. The van der Waals surface area contributed by atoms with Crippen LogP contribution in [-0.4, -0.2) is 35.6 Å². The maximum absolute atomic E-state index is 12.1. The molecule has 0 aliphatic heterocycles. The summed E-state index contributed by atoms with van der Waals surface area (Å²) in [7, 11) is 1.70. The molecule has 3 aromatic rings. The third-order valence-corrected chi connectivity index (χ3v) is 2.90. The van der Waals surface area contributed by atoms with Crippen LogP contribution in [-0.2, 0) is 7.05 Å². The van der Waals surface area contributed by atoms with Gasteiger partial charge < -0.3 is 0 Å². The summed E-state index contributed by atoms with van der Waals surface area (Å²) in [4.78, 5) is 28.7. The highest BCUT2D eigenvalue weighted by atomic mass is 16.1. The van der Waals surface area contributed by atoms with Crippen LogP contribution >= 0.6 is 0 Å². The smallest absolute Gasteiger partial charge is 0.261 e. The van der Waals surface area contributed by atoms with Crippen molar-refractivity contribution in [2.24, 2.45) is 7.05 Å². The van der Waals surface area contributed by atoms with Crippen molar-refractivity contribution in [2.75, 3.05) is 5.32 Å². The Balaban J connectivity index is 1.78. The van der Waals surface area contributed by atoms with Gasteiger partial charge in [-0.05, 0) is 19.1 Å². The van der Waals surface area contributed by atoms with Gasteiger partial charge in [-0.1, -0.05) is 6.07 Å². The molecule has 22 heavy (non-hydrogen) atoms. The Hall–Kier alpha value is -3.16. The molecule has 3 aromatic heterocycles. The van der Waals surface area contributed by atoms with Gasteiger partial charge in [-0.3, -0.25) is 15.1 Å². The maximum Gasteiger partial charge on any atom is 0.261 e. The zero-order valence-corrected chi connectivity index (χ0v) is 12.1. The van der Waals surface area contributed by atoms with Crippen molar-refractivity contribution in [3.05, 3.63) is 48.2 Å². The fourth-order valence-corrected chi connectivity index (χ4v) is 1.87. The molecule has 0 spiro atoms. The van der Waals surface area contributed by atoms with E-state index in [4.69, 9.17) is 0 Å². The van der Waals surface area contributed by atoms with Crippen molar-refractivity contribution < 1.29 is 4.79 Å². The van der Waals surface area contributed by atoms with Crippen LogP contribution in [0, 0.1) is 6.92 Å². The molecule has 0 radical (unpaired) electrons. The van der Waals surface area contributed by atoms with Gasteiger partial charge in [-0.15, -0.1) is 0 Å². The largest absolute Gasteiger partial charge is 0.290 e. The zero-order valence-electron chi connectivity index (χ0n) is 12.1. The van der Waals surface area contributed by atoms with Crippen LogP contribution in [0.3, 0.4) is 0 Å². The summed E-state index contributed by atoms with van der Waals surface area (Å²) in [6.45, 7) is 1.75. The number of hydrogen-bond donors (Lipinski definition) is 1. The fraction of sp³-hybridized carbons (Fsp3) is 0.143. The predicted molar refractivity (Wildman–Crippen MR) is 79.0 cm³/mol. The van der Waals surface area contributed by atoms with Gasteiger partial charge in [0.1, 0.15) is 11.5 Å². The van der Waals surface area contributed by atoms with Gasteiger partial charge in [0.2, 0.25) is 5.95 Å². The molecule has 0 aliphatic rings. The summed E-state index contributed by atoms with van der Waals surface area (Å²) in [5.74, 6) is 1.07. The number of carbonyl (C=O) groups excluding carboxylic acids is 1. The summed E-state index contributed by atoms with van der Waals surface area (Å²) < 4.78 is 1.50. The third kappa shape index (κ3) is 2.80. The standard InChI is InChI=1S/C14H13N7O/c1-9-18-14(21(2)20-9)19-13(22)10-7-16-12(17-8-10)11-5-3-4-6-15-11/h3-8H,1-2H3,(H,18,19,20,22). The van der Waals surface area contributed by atoms with E-state index in [0.29, 0.717) is 28.9 Å². The molecule has 1 amide bonds. The lowest BCUT2D eigenvalue weighted by Gasteiger charge is -2.04. The van der Waals surface area contributed by atoms with Crippen LogP contribution in [0.4, 0.5) is 5.95 Å². The molecule has 110 valence electrons. The van der Waals surface area contributed by atoms with E-state index in [2.05, 4.69) is 30.4 Å². The quantitative estimate of drug-likeness (QED) is 0.780. The number of nitrogens with zero attached hydrogens (tertiary/aromatic N) is 6. The molecule has 0 aliphatic carbocycles. The highest BCUT2D eigenvalue weighted by Gasteiger charge is 2.12. The second kappa shape index (κ2) is 5.68. The van der Waals surface area contributed by atoms with Crippen LogP contribution in [0.25, 0.3) is 11.5 Å². The van der Waals surface area contributed by atoms with Crippen LogP contribution in [0.2, 0.25) is 0 Å². The van der Waals surface area contributed by atoms with Gasteiger partial charge in [-0.25, -0.2) is 14.6 Å². The summed E-state index contributed by atoms with van der Waals surface area (Å²) in [5.41, 5.74) is 0.985. The molecular weight excluding hydrogens is 282 g/mol. The Kier molecular flexibility index (Phi) is 3.57. The zero-order chi connectivity index (χ0) is 15.5. The predicted octanol–water partition coefficient (Wildman–Crippen LogP) is 1.23. The highest BCUT2D eigenvalue weighted by molar-refractivity contribution is 6.02. The number of aryl methyl sites for hydroxylation is 2. The molecule has 0 unspecified atom stereocenters. The lowest BCUT2D eigenvalue weighted by Crippen LogP contribution is -2.16. The molecule has 3 heterocycles. The van der Waals surface area contributed by atoms with Crippen molar-refractivity contribution in [1.82, 2.24) is 29.7 Å². The van der Waals surface area contributed by atoms with Crippen molar-refractivity contribution in [3.63, 3.8) is 0 Å². The lowest BCUT2D eigenvalue weighted by molar-refractivity contribution is 0.102. The SMILES string of the molecule is Cc1nc(NC(=O)c2cnc(-c3ccccn3)nc2)n(C)n1. The first kappa shape index (κ1) is 13.8. The van der Waals surface area contributed by atoms with E-state index in [1.54, 1.807) is 26.2 Å². The molecule has 3 rings (SSSR count). The van der Waals surface area contributed by atoms with E-state index >= 15 is 0 Å². The Bertz CT molecular complexity index is 796. The number of hydrogen-bond acceptors (Lipinski definition) is 6. The number of rotatable bonds is 3. The van der Waals surface area contributed by atoms with Gasteiger partial charge in [-0.2, -0.15) is 10.1 Å². The Morgan fingerprint density at radius 2 is 1.95 bits per heavy atom. The molecule has 0 bridgehead atoms. The van der Waals surface area contributed by atoms with Crippen molar-refractivity contribution in [1.29, 1.82) is 0 Å². The summed E-state index contributed by atoms with van der Waals surface area (Å²) >= 11 is 0. The van der Waals surface area contributed by atoms with Gasteiger partial charge in [0.15, 0.2) is 5.82 Å². The lowest BCUT2D eigenvalue weighted by atomic mass is 10.3. The minimum absolute atomic E-state index is 0.334. The average molecular weight is 295 g/mol. The van der Waals surface area contributed by atoms with Gasteiger partial charge in [0.25, 0.3) is 5.91 Å². The number of pyridine rings is 1. The molecule has 0 aromatic carbocycles. The number of nitrogens with one attached hydrogen (secondary N) is 1. The topological polar surface area (TPSA) is 98.5 Å². The normalized spacial score (nSPS) is 10.5. The van der Waals surface area contributed by atoms with Crippen LogP contribution < -0.4 is 5.32 Å². The number of aromatic nitrogens is 6. The fourth-order valence-electron chi connectivity index (χ4n) is 1.87. The monoisotopic (exact) mass is 295 g/mol. The van der Waals surface area contributed by atoms with E-state index in [1.807, 2.05) is 12.1 Å². The Labute approximate surface area is 126 Å². The Morgan fingerprint density at radius 1 is 1.18 bits per heavy atom. The maximum atomic E-state index is 12.1. The summed E-state index contributed by atoms with van der Waals surface area (Å²) in [6.07, 6.45) is 4.57. The molecular formula is C14H13N7O. The third-order valence-electron chi connectivity index (χ3n) is 2.90. The van der Waals surface area contributed by atoms with E-state index < -0.39 is 0 Å². The first-order valence-electron chi connectivity index (χ1n) is 6.56. The molecule has 0 saturated carbocycles. The van der Waals surface area contributed by atoms with Crippen molar-refractivity contribution in [2.45, 2.75) is 6.92 Å². The molecule has 0 atom stereocenters. The number of carbonyl (C=O) groups is 1. The Morgan fingerprint density at radius 3 is 2.55 bits per heavy atom. The molecule has 0 fully saturated rings. The summed E-state index contributed by atoms with van der Waals surface area (Å²) in [5, 5.41) is 6.72. The molecule has 0 saturated heterocycles. The van der Waals surface area contributed by atoms with Gasteiger partial charge >= 0.3 is 0 Å². The molecule has 8 heteroatoms. The van der Waals surface area contributed by atoms with Crippen LogP contribution in [0.15, 0.2) is 36.8 Å². The number of anilines is 1. The van der Waals surface area contributed by atoms with E-state index in [9.17, 15) is 4.79 Å². The second-order valence-electron chi connectivity index (χ2n) is 4.57. The second-order valence-corrected chi connectivity index (χ2v) is 4.57. The first-order chi connectivity index (χ1) is 10.6. The van der Waals surface area contributed by atoms with Crippen molar-refractivity contribution in [3.8, 4) is 11.5 Å². The van der Waals surface area contributed by atoms with Crippen LogP contribution in [0.5, 0.6) is 0 Å². The minimum atomic E-state index is -0.344. The first-order valence-corrected chi connectivity index (χ1v) is 6.56. The van der Waals surface area contributed by atoms with E-state index in [0.717, 1.165) is 0 Å². The average Bonchev–Trinajstić information content (AvgIpc) is 2.86. The van der Waals surface area contributed by atoms with Crippen LogP contribution in [0.1, 0.15) is 16.2 Å². The van der Waals surface area contributed by atoms with Crippen molar-refractivity contribution >= 4 is 11.9 Å². The van der Waals surface area contributed by atoms with Gasteiger partial charge in [0, 0.05) is 25.6 Å². The van der Waals surface area contributed by atoms with E-state index in [1.165, 1.54) is 17.1 Å². The minimum Gasteiger partial charge on any atom is -0.290 e. The number of amides is 1. The van der Waals surface area contributed by atoms with Gasteiger partial charge in [0.05, 0.1) is 5.56 Å². The van der Waals surface area contributed by atoms with E-state index in [-0.39, 0.29) is 5.91 Å². The summed E-state index contributed by atoms with van der Waals surface area (Å²) in [6, 6.07) is 5.47. The molecule has 8 nitrogen and oxygen atoms in total.